The smallest absolute Gasteiger partial charge is 0.141 e. The van der Waals surface area contributed by atoms with Crippen LogP contribution in [0.15, 0.2) is 41.8 Å². The van der Waals surface area contributed by atoms with Gasteiger partial charge in [-0.25, -0.2) is 13.8 Å². The number of benzene rings is 2. The third kappa shape index (κ3) is 2.53. The number of hydrogen-bond donors (Lipinski definition) is 1. The number of methoxy groups -OCH3 is 1. The van der Waals surface area contributed by atoms with Gasteiger partial charge in [-0.1, -0.05) is 6.07 Å². The maximum absolute atomic E-state index is 13.8. The number of thiazole rings is 1. The van der Waals surface area contributed by atoms with E-state index in [1.54, 1.807) is 23.6 Å². The van der Waals surface area contributed by atoms with Crippen LogP contribution in [0.1, 0.15) is 0 Å². The molecule has 3 rings (SSSR count). The number of hydrogen-bond acceptors (Lipinski definition) is 4. The van der Waals surface area contributed by atoms with E-state index >= 15 is 0 Å². The zero-order valence-electron chi connectivity index (χ0n) is 11.6. The van der Waals surface area contributed by atoms with Gasteiger partial charge in [0.1, 0.15) is 22.4 Å². The second kappa shape index (κ2) is 5.73. The summed E-state index contributed by atoms with van der Waals surface area (Å²) in [7, 11) is 1.53. The van der Waals surface area contributed by atoms with Gasteiger partial charge < -0.3 is 10.5 Å². The van der Waals surface area contributed by atoms with Gasteiger partial charge in [-0.15, -0.1) is 11.3 Å². The van der Waals surface area contributed by atoms with E-state index in [4.69, 9.17) is 10.5 Å². The van der Waals surface area contributed by atoms with Crippen LogP contribution in [0, 0.1) is 11.6 Å². The lowest BCUT2D eigenvalue weighted by molar-refractivity contribution is 0.417. The minimum Gasteiger partial charge on any atom is -0.495 e. The lowest BCUT2D eigenvalue weighted by Gasteiger charge is -2.05. The first-order valence-corrected chi connectivity index (χ1v) is 7.32. The largest absolute Gasteiger partial charge is 0.495 e. The van der Waals surface area contributed by atoms with Crippen molar-refractivity contribution in [1.82, 2.24) is 4.98 Å². The fraction of sp³-hybridized carbons (Fsp3) is 0.0625. The molecule has 6 heteroatoms. The topological polar surface area (TPSA) is 48.1 Å². The van der Waals surface area contributed by atoms with Crippen molar-refractivity contribution in [2.45, 2.75) is 0 Å². The maximum Gasteiger partial charge on any atom is 0.141 e. The fourth-order valence-corrected chi connectivity index (χ4v) is 2.99. The third-order valence-corrected chi connectivity index (χ3v) is 4.07. The van der Waals surface area contributed by atoms with E-state index in [1.807, 2.05) is 0 Å². The van der Waals surface area contributed by atoms with Crippen LogP contribution >= 0.6 is 11.3 Å². The average Bonchev–Trinajstić information content (AvgIpc) is 2.96. The number of rotatable bonds is 3. The molecule has 112 valence electrons. The van der Waals surface area contributed by atoms with E-state index < -0.39 is 11.6 Å². The Hall–Kier alpha value is -2.47. The summed E-state index contributed by atoms with van der Waals surface area (Å²) in [5, 5.41) is 2.03. The minimum atomic E-state index is -0.629. The molecule has 0 fully saturated rings. The highest BCUT2D eigenvalue weighted by atomic mass is 32.1. The van der Waals surface area contributed by atoms with Crippen molar-refractivity contribution >= 4 is 17.0 Å². The number of nitrogen functional groups attached to an aromatic ring is 1. The Kier molecular flexibility index (Phi) is 3.77. The molecule has 22 heavy (non-hydrogen) atoms. The van der Waals surface area contributed by atoms with Gasteiger partial charge in [0.15, 0.2) is 0 Å². The molecule has 2 aromatic carbocycles. The van der Waals surface area contributed by atoms with Gasteiger partial charge in [-0.3, -0.25) is 0 Å². The van der Waals surface area contributed by atoms with Crippen LogP contribution in [-0.4, -0.2) is 12.1 Å². The summed E-state index contributed by atoms with van der Waals surface area (Å²) < 4.78 is 32.7. The zero-order chi connectivity index (χ0) is 15.7. The molecule has 0 spiro atoms. The van der Waals surface area contributed by atoms with Crippen molar-refractivity contribution in [1.29, 1.82) is 0 Å². The Labute approximate surface area is 130 Å². The predicted octanol–water partition coefficient (Wildman–Crippen LogP) is 4.35. The molecule has 0 bridgehead atoms. The summed E-state index contributed by atoms with van der Waals surface area (Å²) >= 11 is 1.18. The first-order chi connectivity index (χ1) is 10.6. The molecular weight excluding hydrogens is 306 g/mol. The SMILES string of the molecule is COc1ccc(-c2csc(-c3c(F)cccc3F)n2)cc1N. The van der Waals surface area contributed by atoms with Gasteiger partial charge in [0.25, 0.3) is 0 Å². The lowest BCUT2D eigenvalue weighted by atomic mass is 10.1. The molecule has 0 aliphatic heterocycles. The van der Waals surface area contributed by atoms with E-state index in [0.717, 1.165) is 5.56 Å². The second-order valence-corrected chi connectivity index (χ2v) is 5.45. The molecule has 3 nitrogen and oxygen atoms in total. The molecule has 3 aromatic rings. The summed E-state index contributed by atoms with van der Waals surface area (Å²) in [5.41, 5.74) is 7.60. The summed E-state index contributed by atoms with van der Waals surface area (Å²) in [6, 6.07) is 9.00. The first-order valence-electron chi connectivity index (χ1n) is 6.44. The molecule has 0 atom stereocenters. The molecule has 0 radical (unpaired) electrons. The van der Waals surface area contributed by atoms with Gasteiger partial charge in [0.05, 0.1) is 24.1 Å². The summed E-state index contributed by atoms with van der Waals surface area (Å²) in [5.74, 6) is -0.690. The average molecular weight is 318 g/mol. The molecule has 0 aliphatic rings. The lowest BCUT2D eigenvalue weighted by Crippen LogP contribution is -1.93. The second-order valence-electron chi connectivity index (χ2n) is 4.59. The molecule has 0 unspecified atom stereocenters. The molecule has 0 aliphatic carbocycles. The van der Waals surface area contributed by atoms with Crippen LogP contribution < -0.4 is 10.5 Å². The van der Waals surface area contributed by atoms with Crippen LogP contribution in [0.2, 0.25) is 0 Å². The third-order valence-electron chi connectivity index (χ3n) is 3.21. The normalized spacial score (nSPS) is 10.7. The van der Waals surface area contributed by atoms with Gasteiger partial charge in [0.2, 0.25) is 0 Å². The van der Waals surface area contributed by atoms with Crippen LogP contribution in [0.5, 0.6) is 5.75 Å². The Morgan fingerprint density at radius 2 is 1.86 bits per heavy atom. The van der Waals surface area contributed by atoms with E-state index in [9.17, 15) is 8.78 Å². The number of anilines is 1. The molecule has 0 saturated heterocycles. The molecule has 1 heterocycles. The van der Waals surface area contributed by atoms with Crippen LogP contribution in [0.3, 0.4) is 0 Å². The van der Waals surface area contributed by atoms with Gasteiger partial charge in [-0.05, 0) is 30.3 Å². The van der Waals surface area contributed by atoms with Crippen molar-refractivity contribution in [2.24, 2.45) is 0 Å². The Balaban J connectivity index is 2.02. The summed E-state index contributed by atoms with van der Waals surface area (Å²) in [6.45, 7) is 0. The van der Waals surface area contributed by atoms with Gasteiger partial charge >= 0.3 is 0 Å². The highest BCUT2D eigenvalue weighted by Gasteiger charge is 2.15. The zero-order valence-corrected chi connectivity index (χ0v) is 12.5. The number of ether oxygens (including phenoxy) is 1. The Morgan fingerprint density at radius 1 is 1.14 bits per heavy atom. The molecule has 0 saturated carbocycles. The highest BCUT2D eigenvalue weighted by molar-refractivity contribution is 7.13. The molecule has 1 aromatic heterocycles. The van der Waals surface area contributed by atoms with E-state index in [1.165, 1.54) is 36.6 Å². The fourth-order valence-electron chi connectivity index (χ4n) is 2.12. The highest BCUT2D eigenvalue weighted by Crippen LogP contribution is 2.34. The van der Waals surface area contributed by atoms with Crippen molar-refractivity contribution in [3.8, 4) is 27.6 Å². The van der Waals surface area contributed by atoms with Crippen LogP contribution in [0.4, 0.5) is 14.5 Å². The quantitative estimate of drug-likeness (QED) is 0.731. The molecule has 0 amide bonds. The molecular formula is C16H12F2N2OS. The van der Waals surface area contributed by atoms with Crippen LogP contribution in [0.25, 0.3) is 21.8 Å². The van der Waals surface area contributed by atoms with E-state index in [-0.39, 0.29) is 5.56 Å². The number of nitrogens with zero attached hydrogens (tertiary/aromatic N) is 1. The van der Waals surface area contributed by atoms with Crippen molar-refractivity contribution in [3.63, 3.8) is 0 Å². The van der Waals surface area contributed by atoms with Crippen LogP contribution in [-0.2, 0) is 0 Å². The first kappa shape index (κ1) is 14.5. The van der Waals surface area contributed by atoms with E-state index in [0.29, 0.717) is 22.1 Å². The maximum atomic E-state index is 13.8. The minimum absolute atomic E-state index is 0.111. The van der Waals surface area contributed by atoms with Crippen molar-refractivity contribution < 1.29 is 13.5 Å². The number of nitrogens with two attached hydrogens (primary N) is 1. The monoisotopic (exact) mass is 318 g/mol. The Morgan fingerprint density at radius 3 is 2.50 bits per heavy atom. The molecule has 2 N–H and O–H groups in total. The summed E-state index contributed by atoms with van der Waals surface area (Å²) in [4.78, 5) is 4.31. The standard InChI is InChI=1S/C16H12F2N2OS/c1-21-14-6-5-9(7-12(14)19)13-8-22-16(20-13)15-10(17)3-2-4-11(15)18/h2-8H,19H2,1H3. The number of aromatic nitrogens is 1. The van der Waals surface area contributed by atoms with Crippen molar-refractivity contribution in [3.05, 3.63) is 53.4 Å². The van der Waals surface area contributed by atoms with Gasteiger partial charge in [0, 0.05) is 10.9 Å². The summed E-state index contributed by atoms with van der Waals surface area (Å²) in [6.07, 6.45) is 0. The predicted molar refractivity (Wildman–Crippen MR) is 83.9 cm³/mol. The van der Waals surface area contributed by atoms with Gasteiger partial charge in [-0.2, -0.15) is 0 Å². The Bertz CT molecular complexity index is 813. The van der Waals surface area contributed by atoms with Crippen molar-refractivity contribution in [2.75, 3.05) is 12.8 Å². The number of halogens is 2. The van der Waals surface area contributed by atoms with E-state index in [2.05, 4.69) is 4.98 Å².